The lowest BCUT2D eigenvalue weighted by atomic mass is 10.1. The van der Waals surface area contributed by atoms with E-state index in [0.717, 1.165) is 11.3 Å². The van der Waals surface area contributed by atoms with Gasteiger partial charge in [0.05, 0.1) is 38.1 Å². The molecule has 2 aliphatic rings. The zero-order valence-electron chi connectivity index (χ0n) is 20.5. The summed E-state index contributed by atoms with van der Waals surface area (Å²) in [6.45, 7) is 4.40. The Morgan fingerprint density at radius 2 is 1.68 bits per heavy atom. The average molecular weight is 526 g/mol. The molecule has 2 fully saturated rings. The van der Waals surface area contributed by atoms with Crippen LogP contribution in [0.2, 0.25) is 5.02 Å². The summed E-state index contributed by atoms with van der Waals surface area (Å²) in [4.78, 5) is 32.5. The second kappa shape index (κ2) is 11.3. The van der Waals surface area contributed by atoms with Crippen LogP contribution in [0.15, 0.2) is 59.5 Å². The Morgan fingerprint density at radius 1 is 0.946 bits per heavy atom. The molecule has 1 amide bonds. The van der Waals surface area contributed by atoms with Crippen LogP contribution in [-0.4, -0.2) is 73.1 Å². The van der Waals surface area contributed by atoms with E-state index in [2.05, 4.69) is 10.00 Å². The van der Waals surface area contributed by atoms with E-state index in [1.807, 2.05) is 40.1 Å². The molecule has 1 aromatic heterocycles. The summed E-state index contributed by atoms with van der Waals surface area (Å²) in [5.41, 5.74) is 2.16. The van der Waals surface area contributed by atoms with Gasteiger partial charge in [-0.1, -0.05) is 48.0 Å². The third-order valence-corrected chi connectivity index (χ3v) is 7.22. The van der Waals surface area contributed by atoms with E-state index in [9.17, 15) is 14.0 Å². The highest BCUT2D eigenvalue weighted by atomic mass is 35.5. The molecule has 3 heterocycles. The summed E-state index contributed by atoms with van der Waals surface area (Å²) < 4.78 is 21.2. The number of amides is 1. The molecule has 0 aliphatic carbocycles. The lowest BCUT2D eigenvalue weighted by Crippen LogP contribution is -2.50. The fourth-order valence-corrected chi connectivity index (χ4v) is 5.03. The summed E-state index contributed by atoms with van der Waals surface area (Å²) in [6, 6.07) is 14.2. The van der Waals surface area contributed by atoms with Crippen LogP contribution >= 0.6 is 11.6 Å². The van der Waals surface area contributed by atoms with Gasteiger partial charge in [-0.05, 0) is 17.7 Å². The van der Waals surface area contributed by atoms with Gasteiger partial charge in [-0.15, -0.1) is 0 Å². The van der Waals surface area contributed by atoms with Crippen LogP contribution in [0.1, 0.15) is 11.1 Å². The third kappa shape index (κ3) is 5.62. The van der Waals surface area contributed by atoms with Crippen molar-refractivity contribution in [3.05, 3.63) is 87.0 Å². The monoisotopic (exact) mass is 525 g/mol. The quantitative estimate of drug-likeness (QED) is 0.493. The SMILES string of the molecule is O=C(Cc1ccccc1)N1CCN(c2cnn(Cc3c(F)cccc3Cl)c(=O)c2N2CCOCC2)CC1. The van der Waals surface area contributed by atoms with Crippen molar-refractivity contribution in [3.8, 4) is 0 Å². The zero-order valence-corrected chi connectivity index (χ0v) is 21.2. The minimum absolute atomic E-state index is 0.0657. The number of morpholine rings is 1. The Labute approximate surface area is 219 Å². The molecule has 2 aliphatic heterocycles. The highest BCUT2D eigenvalue weighted by Crippen LogP contribution is 2.28. The van der Waals surface area contributed by atoms with E-state index in [4.69, 9.17) is 16.3 Å². The van der Waals surface area contributed by atoms with Crippen molar-refractivity contribution in [3.63, 3.8) is 0 Å². The van der Waals surface area contributed by atoms with Crippen LogP contribution in [0.25, 0.3) is 0 Å². The predicted molar refractivity (Wildman–Crippen MR) is 141 cm³/mol. The van der Waals surface area contributed by atoms with Gasteiger partial charge in [-0.25, -0.2) is 9.07 Å². The number of anilines is 2. The lowest BCUT2D eigenvalue weighted by Gasteiger charge is -2.38. The number of aromatic nitrogens is 2. The van der Waals surface area contributed by atoms with Gasteiger partial charge in [0.15, 0.2) is 0 Å². The first-order valence-corrected chi connectivity index (χ1v) is 12.8. The summed E-state index contributed by atoms with van der Waals surface area (Å²) in [7, 11) is 0. The fourth-order valence-electron chi connectivity index (χ4n) is 4.81. The van der Waals surface area contributed by atoms with E-state index in [0.29, 0.717) is 64.6 Å². The Kier molecular flexibility index (Phi) is 7.71. The Balaban J connectivity index is 1.37. The van der Waals surface area contributed by atoms with Crippen molar-refractivity contribution < 1.29 is 13.9 Å². The van der Waals surface area contributed by atoms with Crippen molar-refractivity contribution in [1.29, 1.82) is 0 Å². The largest absolute Gasteiger partial charge is 0.378 e. The predicted octanol–water partition coefficient (Wildman–Crippen LogP) is 2.81. The molecule has 0 radical (unpaired) electrons. The van der Waals surface area contributed by atoms with Crippen LogP contribution in [-0.2, 0) is 22.5 Å². The number of halogens is 2. The van der Waals surface area contributed by atoms with Gasteiger partial charge in [0.2, 0.25) is 5.91 Å². The van der Waals surface area contributed by atoms with Gasteiger partial charge in [0.25, 0.3) is 5.56 Å². The third-order valence-electron chi connectivity index (χ3n) is 6.87. The van der Waals surface area contributed by atoms with Gasteiger partial charge < -0.3 is 19.4 Å². The molecule has 8 nitrogen and oxygen atoms in total. The molecule has 0 N–H and O–H groups in total. The van der Waals surface area contributed by atoms with E-state index in [1.54, 1.807) is 12.3 Å². The molecule has 2 saturated heterocycles. The fraction of sp³-hybridized carbons (Fsp3) is 0.370. The first-order valence-electron chi connectivity index (χ1n) is 12.4. The first-order chi connectivity index (χ1) is 18.0. The Hall–Kier alpha value is -3.43. The van der Waals surface area contributed by atoms with Crippen LogP contribution in [0, 0.1) is 5.82 Å². The van der Waals surface area contributed by atoms with Crippen molar-refractivity contribution >= 4 is 28.9 Å². The normalized spacial score (nSPS) is 16.2. The van der Waals surface area contributed by atoms with E-state index >= 15 is 0 Å². The number of nitrogens with zero attached hydrogens (tertiary/aromatic N) is 5. The number of benzene rings is 2. The average Bonchev–Trinajstić information content (AvgIpc) is 2.92. The number of piperazine rings is 1. The number of hydrogen-bond donors (Lipinski definition) is 0. The molecule has 0 unspecified atom stereocenters. The maximum atomic E-state index is 14.4. The zero-order chi connectivity index (χ0) is 25.8. The van der Waals surface area contributed by atoms with Crippen molar-refractivity contribution in [2.45, 2.75) is 13.0 Å². The van der Waals surface area contributed by atoms with Crippen molar-refractivity contribution in [2.75, 3.05) is 62.3 Å². The van der Waals surface area contributed by atoms with Crippen molar-refractivity contribution in [2.24, 2.45) is 0 Å². The molecule has 3 aromatic rings. The molecular formula is C27H29ClFN5O3. The molecule has 0 saturated carbocycles. The van der Waals surface area contributed by atoms with Gasteiger partial charge >= 0.3 is 0 Å². The smallest absolute Gasteiger partial charge is 0.292 e. The molecule has 194 valence electrons. The minimum Gasteiger partial charge on any atom is -0.378 e. The highest BCUT2D eigenvalue weighted by molar-refractivity contribution is 6.31. The van der Waals surface area contributed by atoms with Gasteiger partial charge in [0.1, 0.15) is 11.5 Å². The maximum Gasteiger partial charge on any atom is 0.292 e. The number of hydrogen-bond acceptors (Lipinski definition) is 6. The topological polar surface area (TPSA) is 70.9 Å². The number of carbonyl (C=O) groups is 1. The van der Waals surface area contributed by atoms with Crippen molar-refractivity contribution in [1.82, 2.24) is 14.7 Å². The summed E-state index contributed by atoms with van der Waals surface area (Å²) in [5, 5.41) is 4.65. The van der Waals surface area contributed by atoms with Crippen LogP contribution in [0.4, 0.5) is 15.8 Å². The molecule has 10 heteroatoms. The Bertz CT molecular complexity index is 1280. The molecular weight excluding hydrogens is 497 g/mol. The van der Waals surface area contributed by atoms with Crippen LogP contribution < -0.4 is 15.4 Å². The number of rotatable bonds is 6. The molecule has 0 atom stereocenters. The summed E-state index contributed by atoms with van der Waals surface area (Å²) in [6.07, 6.45) is 2.04. The first kappa shape index (κ1) is 25.2. The highest BCUT2D eigenvalue weighted by Gasteiger charge is 2.28. The van der Waals surface area contributed by atoms with E-state index in [-0.39, 0.29) is 28.6 Å². The van der Waals surface area contributed by atoms with E-state index in [1.165, 1.54) is 16.8 Å². The van der Waals surface area contributed by atoms with Gasteiger partial charge in [-0.3, -0.25) is 9.59 Å². The van der Waals surface area contributed by atoms with E-state index < -0.39 is 5.82 Å². The van der Waals surface area contributed by atoms with Gasteiger partial charge in [-0.2, -0.15) is 5.10 Å². The molecule has 0 spiro atoms. The number of carbonyl (C=O) groups excluding carboxylic acids is 1. The van der Waals surface area contributed by atoms with Crippen LogP contribution in [0.5, 0.6) is 0 Å². The standard InChI is InChI=1S/C27H29ClFN5O3/c28-22-7-4-8-23(29)21(22)19-34-27(36)26(33-13-15-37-16-14-33)24(18-30-34)31-9-11-32(12-10-31)25(35)17-20-5-2-1-3-6-20/h1-8,18H,9-17,19H2. The van der Waals surface area contributed by atoms with Gasteiger partial charge in [0, 0.05) is 49.9 Å². The second-order valence-corrected chi connectivity index (χ2v) is 9.58. The minimum atomic E-state index is -0.477. The summed E-state index contributed by atoms with van der Waals surface area (Å²) >= 11 is 6.21. The molecule has 37 heavy (non-hydrogen) atoms. The maximum absolute atomic E-state index is 14.4. The molecule has 0 bridgehead atoms. The Morgan fingerprint density at radius 3 is 2.38 bits per heavy atom. The second-order valence-electron chi connectivity index (χ2n) is 9.17. The summed E-state index contributed by atoms with van der Waals surface area (Å²) in [5.74, 6) is -0.385. The lowest BCUT2D eigenvalue weighted by molar-refractivity contribution is -0.130. The molecule has 2 aromatic carbocycles. The molecule has 5 rings (SSSR count). The number of ether oxygens (including phenoxy) is 1. The van der Waals surface area contributed by atoms with Crippen LogP contribution in [0.3, 0.4) is 0 Å².